The zero-order valence-electron chi connectivity index (χ0n) is 17.3. The van der Waals surface area contributed by atoms with E-state index in [0.717, 1.165) is 23.0 Å². The Hall–Kier alpha value is -3.42. The Balaban J connectivity index is 1.72. The number of aromatic nitrogens is 1. The van der Waals surface area contributed by atoms with E-state index < -0.39 is 17.7 Å². The summed E-state index contributed by atoms with van der Waals surface area (Å²) in [6, 6.07) is 10.0. The monoisotopic (exact) mass is 414 g/mol. The summed E-state index contributed by atoms with van der Waals surface area (Å²) in [7, 11) is 5.00. The molecule has 0 aliphatic carbocycles. The Kier molecular flexibility index (Phi) is 6.05. The summed E-state index contributed by atoms with van der Waals surface area (Å²) < 4.78 is 28.5. The van der Waals surface area contributed by atoms with Crippen molar-refractivity contribution in [3.8, 4) is 0 Å². The molecule has 0 radical (unpaired) electrons. The number of likely N-dealkylation sites (N-methyl/N-ethyl adjacent to an activating group) is 1. The highest BCUT2D eigenvalue weighted by Crippen LogP contribution is 2.24. The molecule has 1 unspecified atom stereocenters. The van der Waals surface area contributed by atoms with Crippen molar-refractivity contribution in [1.29, 1.82) is 0 Å². The van der Waals surface area contributed by atoms with Crippen LogP contribution in [0.3, 0.4) is 0 Å². The van der Waals surface area contributed by atoms with Gasteiger partial charge in [-0.1, -0.05) is 6.07 Å². The van der Waals surface area contributed by atoms with Crippen LogP contribution in [0.5, 0.6) is 0 Å². The molecule has 0 aliphatic rings. The quantitative estimate of drug-likeness (QED) is 0.679. The zero-order valence-corrected chi connectivity index (χ0v) is 17.3. The molecule has 1 aromatic heterocycles. The van der Waals surface area contributed by atoms with E-state index in [0.29, 0.717) is 11.3 Å². The van der Waals surface area contributed by atoms with Crippen LogP contribution in [-0.2, 0) is 11.3 Å². The van der Waals surface area contributed by atoms with Crippen LogP contribution < -0.4 is 5.32 Å². The predicted molar refractivity (Wildman–Crippen MR) is 112 cm³/mol. The van der Waals surface area contributed by atoms with Crippen LogP contribution in [0.15, 0.2) is 48.7 Å². The van der Waals surface area contributed by atoms with Gasteiger partial charge in [-0.2, -0.15) is 0 Å². The molecule has 0 saturated heterocycles. The van der Waals surface area contributed by atoms with Gasteiger partial charge in [0.15, 0.2) is 11.6 Å². The predicted octanol–water partition coefficient (Wildman–Crippen LogP) is 4.23. The number of nitrogens with one attached hydrogen (secondary N) is 1. The lowest BCUT2D eigenvalue weighted by atomic mass is 10.1. The number of carbonyl (C=O) groups excluding carboxylic acids is 2. The van der Waals surface area contributed by atoms with E-state index in [-0.39, 0.29) is 18.5 Å². The zero-order chi connectivity index (χ0) is 22.0. The first-order valence-electron chi connectivity index (χ1n) is 9.45. The number of halogens is 2. The smallest absolute Gasteiger partial charge is 0.322 e. The Morgan fingerprint density at radius 2 is 1.77 bits per heavy atom. The van der Waals surface area contributed by atoms with Gasteiger partial charge in [-0.25, -0.2) is 13.6 Å². The fourth-order valence-electron chi connectivity index (χ4n) is 3.09. The summed E-state index contributed by atoms with van der Waals surface area (Å²) in [5.74, 6) is -1.89. The molecule has 0 aliphatic heterocycles. The van der Waals surface area contributed by atoms with Crippen LogP contribution in [0.4, 0.5) is 19.3 Å². The molecule has 1 atom stereocenters. The summed E-state index contributed by atoms with van der Waals surface area (Å²) in [4.78, 5) is 27.5. The van der Waals surface area contributed by atoms with Crippen molar-refractivity contribution in [2.24, 2.45) is 0 Å². The molecule has 1 heterocycles. The topological polar surface area (TPSA) is 57.6 Å². The number of benzene rings is 2. The second-order valence-electron chi connectivity index (χ2n) is 7.40. The molecule has 3 rings (SSSR count). The standard InChI is InChI=1S/C22H24F2N4O2/c1-14(15-5-7-18(23)19(24)12-15)27(4)22(30)25-17-6-8-20-16(11-17)9-10-28(20)13-21(29)26(2)3/h5-12,14H,13H2,1-4H3,(H,25,30). The van der Waals surface area contributed by atoms with Crippen LogP contribution in [0.25, 0.3) is 10.9 Å². The average molecular weight is 414 g/mol. The molecule has 0 saturated carbocycles. The summed E-state index contributed by atoms with van der Waals surface area (Å²) >= 11 is 0. The fraction of sp³-hybridized carbons (Fsp3) is 0.273. The van der Waals surface area contributed by atoms with E-state index in [2.05, 4.69) is 5.32 Å². The number of fused-ring (bicyclic) bond motifs is 1. The van der Waals surface area contributed by atoms with Crippen molar-refractivity contribution < 1.29 is 18.4 Å². The van der Waals surface area contributed by atoms with E-state index in [1.54, 1.807) is 34.1 Å². The van der Waals surface area contributed by atoms with Gasteiger partial charge in [0, 0.05) is 43.9 Å². The summed E-state index contributed by atoms with van der Waals surface area (Å²) in [6.07, 6.45) is 1.83. The second kappa shape index (κ2) is 8.52. The highest BCUT2D eigenvalue weighted by atomic mass is 19.2. The van der Waals surface area contributed by atoms with Crippen LogP contribution in [0.2, 0.25) is 0 Å². The Morgan fingerprint density at radius 3 is 2.43 bits per heavy atom. The SMILES string of the molecule is CC(c1ccc(F)c(F)c1)N(C)C(=O)Nc1ccc2c(ccn2CC(=O)N(C)C)c1. The first kappa shape index (κ1) is 21.3. The van der Waals surface area contributed by atoms with Gasteiger partial charge in [-0.05, 0) is 48.9 Å². The first-order chi connectivity index (χ1) is 14.2. The Bertz CT molecular complexity index is 1090. The Morgan fingerprint density at radius 1 is 1.03 bits per heavy atom. The molecule has 3 aromatic rings. The van der Waals surface area contributed by atoms with Gasteiger partial charge >= 0.3 is 6.03 Å². The number of nitrogens with zero attached hydrogens (tertiary/aromatic N) is 3. The van der Waals surface area contributed by atoms with Crippen LogP contribution in [0, 0.1) is 11.6 Å². The van der Waals surface area contributed by atoms with Crippen LogP contribution in [0.1, 0.15) is 18.5 Å². The minimum Gasteiger partial charge on any atom is -0.347 e. The lowest BCUT2D eigenvalue weighted by molar-refractivity contribution is -0.129. The van der Waals surface area contributed by atoms with Crippen molar-refractivity contribution in [3.05, 3.63) is 65.9 Å². The van der Waals surface area contributed by atoms with Crippen LogP contribution >= 0.6 is 0 Å². The van der Waals surface area contributed by atoms with Crippen LogP contribution in [-0.4, -0.2) is 47.4 Å². The lowest BCUT2D eigenvalue weighted by Crippen LogP contribution is -2.33. The highest BCUT2D eigenvalue weighted by Gasteiger charge is 2.19. The van der Waals surface area contributed by atoms with E-state index in [9.17, 15) is 18.4 Å². The molecule has 30 heavy (non-hydrogen) atoms. The molecular formula is C22H24F2N4O2. The molecule has 6 nitrogen and oxygen atoms in total. The molecule has 1 N–H and O–H groups in total. The number of hydrogen-bond acceptors (Lipinski definition) is 2. The van der Waals surface area contributed by atoms with Crippen molar-refractivity contribution >= 4 is 28.5 Å². The maximum Gasteiger partial charge on any atom is 0.322 e. The molecule has 158 valence electrons. The summed E-state index contributed by atoms with van der Waals surface area (Å²) in [5.41, 5.74) is 1.96. The van der Waals surface area contributed by atoms with Gasteiger partial charge in [0.05, 0.1) is 6.04 Å². The average Bonchev–Trinajstić information content (AvgIpc) is 3.10. The highest BCUT2D eigenvalue weighted by molar-refractivity contribution is 5.93. The van der Waals surface area contributed by atoms with E-state index in [4.69, 9.17) is 0 Å². The van der Waals surface area contributed by atoms with Gasteiger partial charge < -0.3 is 19.7 Å². The lowest BCUT2D eigenvalue weighted by Gasteiger charge is -2.25. The van der Waals surface area contributed by atoms with Gasteiger partial charge in [0.2, 0.25) is 5.91 Å². The van der Waals surface area contributed by atoms with Gasteiger partial charge in [0.1, 0.15) is 6.54 Å². The molecular weight excluding hydrogens is 390 g/mol. The molecule has 0 fully saturated rings. The van der Waals surface area contributed by atoms with E-state index in [1.807, 2.05) is 29.0 Å². The largest absolute Gasteiger partial charge is 0.347 e. The van der Waals surface area contributed by atoms with Gasteiger partial charge in [-0.3, -0.25) is 4.79 Å². The minimum atomic E-state index is -0.948. The summed E-state index contributed by atoms with van der Waals surface area (Å²) in [6.45, 7) is 1.97. The van der Waals surface area contributed by atoms with Crippen molar-refractivity contribution in [2.75, 3.05) is 26.5 Å². The molecule has 0 bridgehead atoms. The molecule has 2 aromatic carbocycles. The maximum absolute atomic E-state index is 13.5. The molecule has 8 heteroatoms. The molecule has 3 amide bonds. The van der Waals surface area contributed by atoms with Crippen molar-refractivity contribution in [1.82, 2.24) is 14.4 Å². The van der Waals surface area contributed by atoms with Crippen molar-refractivity contribution in [3.63, 3.8) is 0 Å². The number of amides is 3. The number of hydrogen-bond donors (Lipinski definition) is 1. The van der Waals surface area contributed by atoms with E-state index >= 15 is 0 Å². The third-order valence-electron chi connectivity index (χ3n) is 5.15. The maximum atomic E-state index is 13.5. The number of rotatable bonds is 5. The number of anilines is 1. The van der Waals surface area contributed by atoms with Gasteiger partial charge in [0.25, 0.3) is 0 Å². The number of urea groups is 1. The summed E-state index contributed by atoms with van der Waals surface area (Å²) in [5, 5.41) is 3.70. The first-order valence-corrected chi connectivity index (χ1v) is 9.45. The third kappa shape index (κ3) is 4.42. The van der Waals surface area contributed by atoms with Gasteiger partial charge in [-0.15, -0.1) is 0 Å². The normalized spacial score (nSPS) is 11.9. The fourth-order valence-corrected chi connectivity index (χ4v) is 3.09. The van der Waals surface area contributed by atoms with Crippen molar-refractivity contribution in [2.45, 2.75) is 19.5 Å². The number of carbonyl (C=O) groups is 2. The minimum absolute atomic E-state index is 0.0160. The second-order valence-corrected chi connectivity index (χ2v) is 7.40. The molecule has 0 spiro atoms. The van der Waals surface area contributed by atoms with E-state index in [1.165, 1.54) is 15.9 Å². The third-order valence-corrected chi connectivity index (χ3v) is 5.15. The Labute approximate surface area is 173 Å².